The summed E-state index contributed by atoms with van der Waals surface area (Å²) in [5, 5.41) is 3.31. The number of rotatable bonds is 3. The first kappa shape index (κ1) is 11.5. The molecule has 0 aliphatic heterocycles. The Balaban J connectivity index is 1.72. The molecule has 0 unspecified atom stereocenters. The Labute approximate surface area is 104 Å². The third kappa shape index (κ3) is 1.99. The predicted molar refractivity (Wildman–Crippen MR) is 67.3 cm³/mol. The second kappa shape index (κ2) is 3.98. The van der Waals surface area contributed by atoms with Crippen molar-refractivity contribution in [3.05, 3.63) is 0 Å². The van der Waals surface area contributed by atoms with Gasteiger partial charge in [0, 0.05) is 5.54 Å². The van der Waals surface area contributed by atoms with Gasteiger partial charge in [0.25, 0.3) is 0 Å². The van der Waals surface area contributed by atoms with E-state index in [0.717, 1.165) is 24.2 Å². The van der Waals surface area contributed by atoms with Crippen LogP contribution in [0, 0.1) is 17.8 Å². The maximum atomic E-state index is 12.0. The molecule has 4 rings (SSSR count). The van der Waals surface area contributed by atoms with E-state index in [2.05, 4.69) is 5.32 Å². The Morgan fingerprint density at radius 1 is 1.24 bits per heavy atom. The number of carbonyl (C=O) groups excluding carboxylic acids is 1. The maximum Gasteiger partial charge on any atom is 0.237 e. The fourth-order valence-corrected chi connectivity index (χ4v) is 4.80. The van der Waals surface area contributed by atoms with Gasteiger partial charge in [-0.25, -0.2) is 0 Å². The van der Waals surface area contributed by atoms with Crippen molar-refractivity contribution in [2.24, 2.45) is 23.5 Å². The zero-order chi connectivity index (χ0) is 12.0. The Morgan fingerprint density at radius 2 is 1.71 bits per heavy atom. The average Bonchev–Trinajstić information content (AvgIpc) is 2.25. The zero-order valence-corrected chi connectivity index (χ0v) is 10.7. The van der Waals surface area contributed by atoms with Crippen LogP contribution in [0.15, 0.2) is 0 Å². The lowest BCUT2D eigenvalue weighted by Crippen LogP contribution is -2.62. The largest absolute Gasteiger partial charge is 0.349 e. The van der Waals surface area contributed by atoms with E-state index < -0.39 is 0 Å². The highest BCUT2D eigenvalue weighted by Gasteiger charge is 2.51. The standard InChI is InChI=1S/C14H24N2O/c1-2-12(15)13(17)16-14-6-9-3-10(7-14)5-11(4-9)8-14/h9-12H,2-8,15H2,1H3,(H,16,17)/t9?,10?,11?,12-,14?/m0/s1. The molecule has 0 aromatic carbocycles. The van der Waals surface area contributed by atoms with Gasteiger partial charge < -0.3 is 11.1 Å². The van der Waals surface area contributed by atoms with Crippen molar-refractivity contribution < 1.29 is 4.79 Å². The summed E-state index contributed by atoms with van der Waals surface area (Å²) in [4.78, 5) is 12.0. The molecule has 0 heterocycles. The third-order valence-corrected chi connectivity index (χ3v) is 5.20. The van der Waals surface area contributed by atoms with Gasteiger partial charge in [0.15, 0.2) is 0 Å². The first-order chi connectivity index (χ1) is 8.10. The van der Waals surface area contributed by atoms with E-state index in [-0.39, 0.29) is 17.5 Å². The molecule has 4 bridgehead atoms. The van der Waals surface area contributed by atoms with Crippen LogP contribution in [0.3, 0.4) is 0 Å². The number of hydrogen-bond acceptors (Lipinski definition) is 2. The molecule has 4 saturated carbocycles. The summed E-state index contributed by atoms with van der Waals surface area (Å²) in [6.45, 7) is 1.98. The summed E-state index contributed by atoms with van der Waals surface area (Å²) >= 11 is 0. The summed E-state index contributed by atoms with van der Waals surface area (Å²) in [6, 6.07) is -0.317. The summed E-state index contributed by atoms with van der Waals surface area (Å²) in [5.74, 6) is 2.70. The van der Waals surface area contributed by atoms with E-state index in [1.807, 2.05) is 6.92 Å². The van der Waals surface area contributed by atoms with Crippen molar-refractivity contribution in [3.63, 3.8) is 0 Å². The number of nitrogens with one attached hydrogen (secondary N) is 1. The highest BCUT2D eigenvalue weighted by molar-refractivity contribution is 5.82. The first-order valence-corrected chi connectivity index (χ1v) is 7.18. The molecular formula is C14H24N2O. The predicted octanol–water partition coefficient (Wildman–Crippen LogP) is 1.81. The summed E-state index contributed by atoms with van der Waals surface area (Å²) in [5.41, 5.74) is 5.96. The van der Waals surface area contributed by atoms with Gasteiger partial charge in [-0.15, -0.1) is 0 Å². The molecule has 0 aromatic heterocycles. The normalized spacial score (nSPS) is 44.7. The zero-order valence-electron chi connectivity index (χ0n) is 10.7. The molecule has 0 radical (unpaired) electrons. The van der Waals surface area contributed by atoms with Gasteiger partial charge >= 0.3 is 0 Å². The fourth-order valence-electron chi connectivity index (χ4n) is 4.80. The Hall–Kier alpha value is -0.570. The van der Waals surface area contributed by atoms with E-state index in [4.69, 9.17) is 5.73 Å². The molecule has 4 aliphatic carbocycles. The van der Waals surface area contributed by atoms with Gasteiger partial charge in [0.1, 0.15) is 0 Å². The van der Waals surface area contributed by atoms with Crippen molar-refractivity contribution >= 4 is 5.91 Å². The van der Waals surface area contributed by atoms with E-state index >= 15 is 0 Å². The summed E-state index contributed by atoms with van der Waals surface area (Å²) in [7, 11) is 0. The van der Waals surface area contributed by atoms with Crippen LogP contribution in [0.2, 0.25) is 0 Å². The molecule has 17 heavy (non-hydrogen) atoms. The van der Waals surface area contributed by atoms with E-state index in [1.54, 1.807) is 0 Å². The molecule has 1 amide bonds. The third-order valence-electron chi connectivity index (χ3n) is 5.20. The van der Waals surface area contributed by atoms with Gasteiger partial charge in [0.05, 0.1) is 6.04 Å². The molecule has 3 N–H and O–H groups in total. The molecule has 3 heteroatoms. The van der Waals surface area contributed by atoms with Crippen LogP contribution in [0.5, 0.6) is 0 Å². The van der Waals surface area contributed by atoms with Crippen LogP contribution in [-0.4, -0.2) is 17.5 Å². The number of nitrogens with two attached hydrogens (primary N) is 1. The topological polar surface area (TPSA) is 55.1 Å². The SMILES string of the molecule is CC[C@H](N)C(=O)NC12CC3CC(CC(C3)C1)C2. The van der Waals surface area contributed by atoms with Crippen LogP contribution in [0.4, 0.5) is 0 Å². The minimum atomic E-state index is -0.317. The van der Waals surface area contributed by atoms with Crippen LogP contribution >= 0.6 is 0 Å². The van der Waals surface area contributed by atoms with Crippen molar-refractivity contribution in [3.8, 4) is 0 Å². The lowest BCUT2D eigenvalue weighted by Gasteiger charge is -2.57. The second-order valence-electron chi connectivity index (χ2n) is 6.70. The number of hydrogen-bond donors (Lipinski definition) is 2. The van der Waals surface area contributed by atoms with Crippen molar-refractivity contribution in [2.75, 3.05) is 0 Å². The minimum Gasteiger partial charge on any atom is -0.349 e. The average molecular weight is 236 g/mol. The fraction of sp³-hybridized carbons (Fsp3) is 0.929. The van der Waals surface area contributed by atoms with Gasteiger partial charge in [-0.05, 0) is 62.7 Å². The Bertz CT molecular complexity index is 291. The van der Waals surface area contributed by atoms with E-state index in [1.165, 1.54) is 38.5 Å². The number of amides is 1. The maximum absolute atomic E-state index is 12.0. The Kier molecular flexibility index (Phi) is 2.69. The molecule has 4 fully saturated rings. The number of carbonyl (C=O) groups is 1. The lowest BCUT2D eigenvalue weighted by atomic mass is 9.53. The molecule has 1 atom stereocenters. The molecule has 4 aliphatic rings. The van der Waals surface area contributed by atoms with Crippen LogP contribution in [0.1, 0.15) is 51.9 Å². The van der Waals surface area contributed by atoms with Crippen molar-refractivity contribution in [1.29, 1.82) is 0 Å². The molecular weight excluding hydrogens is 212 g/mol. The lowest BCUT2D eigenvalue weighted by molar-refractivity contribution is -0.128. The van der Waals surface area contributed by atoms with Crippen molar-refractivity contribution in [2.45, 2.75) is 63.5 Å². The highest BCUT2D eigenvalue weighted by atomic mass is 16.2. The van der Waals surface area contributed by atoms with Gasteiger partial charge in [-0.1, -0.05) is 6.92 Å². The minimum absolute atomic E-state index is 0.0782. The molecule has 0 spiro atoms. The molecule has 0 saturated heterocycles. The quantitative estimate of drug-likeness (QED) is 0.785. The highest BCUT2D eigenvalue weighted by Crippen LogP contribution is 2.55. The van der Waals surface area contributed by atoms with Crippen LogP contribution in [-0.2, 0) is 4.79 Å². The monoisotopic (exact) mass is 236 g/mol. The van der Waals surface area contributed by atoms with Crippen LogP contribution in [0.25, 0.3) is 0 Å². The van der Waals surface area contributed by atoms with Gasteiger partial charge in [0.2, 0.25) is 5.91 Å². The molecule has 0 aromatic rings. The molecule has 3 nitrogen and oxygen atoms in total. The Morgan fingerprint density at radius 3 is 2.12 bits per heavy atom. The van der Waals surface area contributed by atoms with Gasteiger partial charge in [-0.2, -0.15) is 0 Å². The van der Waals surface area contributed by atoms with Crippen molar-refractivity contribution in [1.82, 2.24) is 5.32 Å². The summed E-state index contributed by atoms with van der Waals surface area (Å²) in [6.07, 6.45) is 8.60. The smallest absolute Gasteiger partial charge is 0.237 e. The van der Waals surface area contributed by atoms with Gasteiger partial charge in [-0.3, -0.25) is 4.79 Å². The van der Waals surface area contributed by atoms with E-state index in [0.29, 0.717) is 0 Å². The molecule has 96 valence electrons. The van der Waals surface area contributed by atoms with Crippen LogP contribution < -0.4 is 11.1 Å². The first-order valence-electron chi connectivity index (χ1n) is 7.18. The second-order valence-corrected chi connectivity index (χ2v) is 6.70. The summed E-state index contributed by atoms with van der Waals surface area (Å²) < 4.78 is 0. The van der Waals surface area contributed by atoms with E-state index in [9.17, 15) is 4.79 Å².